The molecule has 2 amide bonds. The van der Waals surface area contributed by atoms with Gasteiger partial charge in [0.1, 0.15) is 6.10 Å². The summed E-state index contributed by atoms with van der Waals surface area (Å²) in [5.41, 5.74) is 3.00. The van der Waals surface area contributed by atoms with E-state index in [1.807, 2.05) is 0 Å². The fourth-order valence-corrected chi connectivity index (χ4v) is 3.88. The largest absolute Gasteiger partial charge is 0.496 e. The molecule has 3 atom stereocenters. The van der Waals surface area contributed by atoms with Gasteiger partial charge in [-0.15, -0.1) is 11.6 Å². The first kappa shape index (κ1) is 20.5. The van der Waals surface area contributed by atoms with E-state index in [-0.39, 0.29) is 41.2 Å². The Morgan fingerprint density at radius 3 is 2.96 bits per heavy atom. The zero-order valence-corrected chi connectivity index (χ0v) is 17.2. The Morgan fingerprint density at radius 1 is 1.36 bits per heavy atom. The number of fused-ring (bicyclic) bond motifs is 1. The van der Waals surface area contributed by atoms with Crippen molar-refractivity contribution in [3.8, 4) is 0 Å². The number of nitrogens with one attached hydrogen (secondary N) is 2. The lowest BCUT2D eigenvalue weighted by Gasteiger charge is -2.35. The maximum absolute atomic E-state index is 12.5. The smallest absolute Gasteiger partial charge is 0.259 e. The van der Waals surface area contributed by atoms with Crippen molar-refractivity contribution in [2.45, 2.75) is 30.7 Å². The summed E-state index contributed by atoms with van der Waals surface area (Å²) in [6, 6.07) is 6.81. The molecule has 7 nitrogen and oxygen atoms in total. The van der Waals surface area contributed by atoms with Crippen molar-refractivity contribution in [3.05, 3.63) is 46.1 Å². The molecule has 1 aromatic rings. The van der Waals surface area contributed by atoms with Gasteiger partial charge in [0.2, 0.25) is 0 Å². The summed E-state index contributed by atoms with van der Waals surface area (Å²) in [4.78, 5) is 36.3. The van der Waals surface area contributed by atoms with Gasteiger partial charge in [0.25, 0.3) is 11.8 Å². The number of benzene rings is 1. The highest BCUT2D eigenvalue weighted by Crippen LogP contribution is 2.34. The van der Waals surface area contributed by atoms with E-state index < -0.39 is 5.91 Å². The standard InChI is InChI=1S/C19H19BrClN3O4/c20-13-3-1-2-11(6-13)19(27)22-9-17(25)24-23-8-12-10-28-16-5-4-14(21)7-15(16)18(12)26/h1-3,6,8,10,14-16H,4-5,7,9H2,(H,22,27)(H,24,25)/b23-8+. The van der Waals surface area contributed by atoms with E-state index in [0.29, 0.717) is 12.0 Å². The van der Waals surface area contributed by atoms with E-state index in [0.717, 1.165) is 17.3 Å². The number of Topliss-reactive ketones (excluding diaryl/α,β-unsaturated/α-hetero) is 1. The molecule has 1 saturated carbocycles. The predicted molar refractivity (Wildman–Crippen MR) is 108 cm³/mol. The number of allylic oxidation sites excluding steroid dienone is 1. The maximum atomic E-state index is 12.5. The number of carbonyl (C=O) groups is 3. The molecule has 0 radical (unpaired) electrons. The van der Waals surface area contributed by atoms with Crippen molar-refractivity contribution in [2.24, 2.45) is 11.0 Å². The van der Waals surface area contributed by atoms with Crippen molar-refractivity contribution < 1.29 is 19.1 Å². The van der Waals surface area contributed by atoms with E-state index in [2.05, 4.69) is 31.8 Å². The summed E-state index contributed by atoms with van der Waals surface area (Å²) in [7, 11) is 0. The van der Waals surface area contributed by atoms with E-state index in [9.17, 15) is 14.4 Å². The Morgan fingerprint density at radius 2 is 2.18 bits per heavy atom. The molecular weight excluding hydrogens is 450 g/mol. The molecule has 1 fully saturated rings. The minimum atomic E-state index is -0.513. The topological polar surface area (TPSA) is 96.9 Å². The maximum Gasteiger partial charge on any atom is 0.259 e. The Labute approximate surface area is 175 Å². The van der Waals surface area contributed by atoms with E-state index in [1.165, 1.54) is 12.5 Å². The van der Waals surface area contributed by atoms with Crippen LogP contribution in [0.25, 0.3) is 0 Å². The van der Waals surface area contributed by atoms with Gasteiger partial charge >= 0.3 is 0 Å². The third-order valence-electron chi connectivity index (χ3n) is 4.60. The van der Waals surface area contributed by atoms with Gasteiger partial charge in [-0.05, 0) is 37.5 Å². The first-order chi connectivity index (χ1) is 13.4. The molecule has 0 bridgehead atoms. The van der Waals surface area contributed by atoms with Crippen LogP contribution in [0.15, 0.2) is 45.7 Å². The number of alkyl halides is 1. The lowest BCUT2D eigenvalue weighted by atomic mass is 9.80. The second-order valence-corrected chi connectivity index (χ2v) is 8.15. The molecule has 9 heteroatoms. The zero-order valence-electron chi connectivity index (χ0n) is 14.9. The number of nitrogens with zero attached hydrogens (tertiary/aromatic N) is 1. The Hall–Kier alpha value is -2.19. The highest BCUT2D eigenvalue weighted by atomic mass is 79.9. The van der Waals surface area contributed by atoms with E-state index >= 15 is 0 Å². The molecule has 3 rings (SSSR count). The van der Waals surface area contributed by atoms with Gasteiger partial charge in [0.15, 0.2) is 5.78 Å². The minimum Gasteiger partial charge on any atom is -0.496 e. The number of halogens is 2. The van der Waals surface area contributed by atoms with Gasteiger partial charge in [-0.1, -0.05) is 22.0 Å². The molecule has 1 aromatic carbocycles. The molecular formula is C19H19BrClN3O4. The van der Waals surface area contributed by atoms with E-state index in [1.54, 1.807) is 24.3 Å². The monoisotopic (exact) mass is 467 g/mol. The average molecular weight is 469 g/mol. The van der Waals surface area contributed by atoms with Crippen LogP contribution in [0.1, 0.15) is 29.6 Å². The second-order valence-electron chi connectivity index (χ2n) is 6.62. The number of hydrogen-bond acceptors (Lipinski definition) is 5. The van der Waals surface area contributed by atoms with Crippen molar-refractivity contribution in [1.29, 1.82) is 0 Å². The van der Waals surface area contributed by atoms with Crippen molar-refractivity contribution in [3.63, 3.8) is 0 Å². The van der Waals surface area contributed by atoms with Crippen LogP contribution in [0, 0.1) is 5.92 Å². The summed E-state index contributed by atoms with van der Waals surface area (Å²) in [6.45, 7) is -0.245. The summed E-state index contributed by atoms with van der Waals surface area (Å²) < 4.78 is 6.37. The van der Waals surface area contributed by atoms with Crippen LogP contribution in [-0.2, 0) is 14.3 Å². The molecule has 0 aromatic heterocycles. The molecule has 1 heterocycles. The Kier molecular flexibility index (Phi) is 6.85. The summed E-state index contributed by atoms with van der Waals surface area (Å²) in [5, 5.41) is 6.25. The van der Waals surface area contributed by atoms with Crippen LogP contribution in [0.2, 0.25) is 0 Å². The first-order valence-corrected chi connectivity index (χ1v) is 10.1. The van der Waals surface area contributed by atoms with Gasteiger partial charge < -0.3 is 10.1 Å². The minimum absolute atomic E-state index is 0.0290. The van der Waals surface area contributed by atoms with Gasteiger partial charge in [0.05, 0.1) is 30.5 Å². The van der Waals surface area contributed by atoms with Crippen LogP contribution in [0.4, 0.5) is 0 Å². The summed E-state index contributed by atoms with van der Waals surface area (Å²) in [5.74, 6) is -1.25. The van der Waals surface area contributed by atoms with Crippen LogP contribution in [0.5, 0.6) is 0 Å². The van der Waals surface area contributed by atoms with Crippen LogP contribution < -0.4 is 10.7 Å². The average Bonchev–Trinajstić information content (AvgIpc) is 2.68. The summed E-state index contributed by atoms with van der Waals surface area (Å²) in [6.07, 6.45) is 4.65. The van der Waals surface area contributed by atoms with E-state index in [4.69, 9.17) is 16.3 Å². The second kappa shape index (κ2) is 9.34. The number of rotatable bonds is 5. The molecule has 1 aliphatic heterocycles. The van der Waals surface area contributed by atoms with Gasteiger partial charge in [-0.25, -0.2) is 5.43 Å². The normalized spacial score (nSPS) is 24.1. The van der Waals surface area contributed by atoms with Crippen LogP contribution >= 0.6 is 27.5 Å². The Bertz CT molecular complexity index is 842. The van der Waals surface area contributed by atoms with Crippen molar-refractivity contribution >= 4 is 51.3 Å². The summed E-state index contributed by atoms with van der Waals surface area (Å²) >= 11 is 9.44. The number of ketones is 1. The predicted octanol–water partition coefficient (Wildman–Crippen LogP) is 2.54. The lowest BCUT2D eigenvalue weighted by Crippen LogP contribution is -2.40. The molecule has 3 unspecified atom stereocenters. The number of ether oxygens (including phenoxy) is 1. The first-order valence-electron chi connectivity index (χ1n) is 8.83. The molecule has 2 N–H and O–H groups in total. The van der Waals surface area contributed by atoms with Gasteiger partial charge in [-0.3, -0.25) is 14.4 Å². The molecule has 0 saturated heterocycles. The molecule has 148 valence electrons. The van der Waals surface area contributed by atoms with Crippen LogP contribution in [0.3, 0.4) is 0 Å². The zero-order chi connectivity index (χ0) is 20.1. The number of hydrogen-bond donors (Lipinski definition) is 2. The number of hydrazone groups is 1. The fourth-order valence-electron chi connectivity index (χ4n) is 3.16. The lowest BCUT2D eigenvalue weighted by molar-refractivity contribution is -0.126. The molecule has 2 aliphatic rings. The fraction of sp³-hybridized carbons (Fsp3) is 0.368. The molecule has 0 spiro atoms. The number of carbonyl (C=O) groups excluding carboxylic acids is 3. The molecule has 28 heavy (non-hydrogen) atoms. The SMILES string of the molecule is O=C(CNC(=O)c1cccc(Br)c1)N/N=C/C1=COC2CCC(Cl)CC2C1=O. The van der Waals surface area contributed by atoms with Gasteiger partial charge in [-0.2, -0.15) is 5.10 Å². The van der Waals surface area contributed by atoms with Gasteiger partial charge in [0, 0.05) is 15.4 Å². The van der Waals surface area contributed by atoms with Crippen molar-refractivity contribution in [2.75, 3.05) is 6.54 Å². The highest BCUT2D eigenvalue weighted by Gasteiger charge is 2.39. The Balaban J connectivity index is 1.47. The van der Waals surface area contributed by atoms with Crippen molar-refractivity contribution in [1.82, 2.24) is 10.7 Å². The number of amides is 2. The third kappa shape index (κ3) is 5.20. The molecule has 1 aliphatic carbocycles. The highest BCUT2D eigenvalue weighted by molar-refractivity contribution is 9.10. The quantitative estimate of drug-likeness (QED) is 0.394. The third-order valence-corrected chi connectivity index (χ3v) is 5.49. The van der Waals surface area contributed by atoms with Crippen LogP contribution in [-0.4, -0.2) is 41.8 Å².